The topological polar surface area (TPSA) is 94.2 Å². The van der Waals surface area contributed by atoms with Gasteiger partial charge in [-0.25, -0.2) is 4.79 Å². The van der Waals surface area contributed by atoms with E-state index in [1.165, 1.54) is 16.7 Å². The summed E-state index contributed by atoms with van der Waals surface area (Å²) in [5.74, 6) is 0.486. The Morgan fingerprint density at radius 2 is 1.85 bits per heavy atom. The van der Waals surface area contributed by atoms with Crippen LogP contribution in [-0.4, -0.2) is 59.6 Å². The molecule has 1 unspecified atom stereocenters. The van der Waals surface area contributed by atoms with Gasteiger partial charge in [0.2, 0.25) is 5.91 Å². The second-order valence-corrected chi connectivity index (χ2v) is 8.72. The van der Waals surface area contributed by atoms with Crippen molar-refractivity contribution in [3.63, 3.8) is 0 Å². The van der Waals surface area contributed by atoms with Gasteiger partial charge in [-0.05, 0) is 35.4 Å². The first-order chi connectivity index (χ1) is 16.0. The highest BCUT2D eigenvalue weighted by atomic mass is 32.2. The summed E-state index contributed by atoms with van der Waals surface area (Å²) in [4.78, 5) is 39.3. The van der Waals surface area contributed by atoms with Crippen molar-refractivity contribution in [3.8, 4) is 11.5 Å². The summed E-state index contributed by atoms with van der Waals surface area (Å²) in [6.45, 7) is 3.83. The fraction of sp³-hybridized carbons (Fsp3) is 0.292. The number of carbonyl (C=O) groups excluding carboxylic acids is 3. The van der Waals surface area contributed by atoms with Crippen LogP contribution in [0.2, 0.25) is 0 Å². The van der Waals surface area contributed by atoms with Crippen LogP contribution in [0.5, 0.6) is 11.5 Å². The number of fused-ring (bicyclic) bond motifs is 1. The standard InChI is InChI=1S/C24H24N2O6S/c1-15-14-33-23-20(25-19(27)13-31-18-6-4-3-5-7-18)22(28)26(23)21(15)24(29)32-12-16-8-10-17(30-2)11-9-16/h3-11,20-21,23H,1,12-14H2,2H3,(H,25,27)/t20-,21?,23+/m1/s1. The summed E-state index contributed by atoms with van der Waals surface area (Å²) >= 11 is 1.46. The molecule has 2 amide bonds. The third kappa shape index (κ3) is 4.98. The van der Waals surface area contributed by atoms with Crippen molar-refractivity contribution < 1.29 is 28.6 Å². The predicted molar refractivity (Wildman–Crippen MR) is 123 cm³/mol. The van der Waals surface area contributed by atoms with Gasteiger partial charge in [0.15, 0.2) is 12.6 Å². The number of ether oxygens (including phenoxy) is 3. The van der Waals surface area contributed by atoms with Crippen molar-refractivity contribution >= 4 is 29.5 Å². The zero-order valence-electron chi connectivity index (χ0n) is 18.1. The van der Waals surface area contributed by atoms with Gasteiger partial charge in [0, 0.05) is 5.75 Å². The van der Waals surface area contributed by atoms with Crippen LogP contribution in [0, 0.1) is 0 Å². The zero-order valence-corrected chi connectivity index (χ0v) is 18.9. The molecule has 2 fully saturated rings. The van der Waals surface area contributed by atoms with Gasteiger partial charge in [-0.3, -0.25) is 9.59 Å². The zero-order chi connectivity index (χ0) is 23.4. The molecule has 0 aromatic heterocycles. The maximum absolute atomic E-state index is 12.8. The quantitative estimate of drug-likeness (QED) is 0.360. The second kappa shape index (κ2) is 9.99. The van der Waals surface area contributed by atoms with Gasteiger partial charge in [0.1, 0.15) is 29.5 Å². The van der Waals surface area contributed by atoms with E-state index < -0.39 is 24.0 Å². The summed E-state index contributed by atoms with van der Waals surface area (Å²) in [6.07, 6.45) is 0. The summed E-state index contributed by atoms with van der Waals surface area (Å²) in [6, 6.07) is 14.5. The molecular weight excluding hydrogens is 444 g/mol. The molecule has 0 radical (unpaired) electrons. The number of para-hydroxylation sites is 1. The van der Waals surface area contributed by atoms with E-state index in [-0.39, 0.29) is 24.5 Å². The molecule has 3 atom stereocenters. The monoisotopic (exact) mass is 468 g/mol. The first kappa shape index (κ1) is 22.7. The minimum absolute atomic E-state index is 0.0729. The summed E-state index contributed by atoms with van der Waals surface area (Å²) in [7, 11) is 1.58. The van der Waals surface area contributed by atoms with Gasteiger partial charge in [-0.2, -0.15) is 0 Å². The highest BCUT2D eigenvalue weighted by molar-refractivity contribution is 8.00. The Labute approximate surface area is 195 Å². The van der Waals surface area contributed by atoms with Crippen molar-refractivity contribution in [2.24, 2.45) is 0 Å². The van der Waals surface area contributed by atoms with Crippen molar-refractivity contribution in [2.45, 2.75) is 24.1 Å². The van der Waals surface area contributed by atoms with E-state index >= 15 is 0 Å². The van der Waals surface area contributed by atoms with Gasteiger partial charge >= 0.3 is 5.97 Å². The molecule has 2 aromatic carbocycles. The van der Waals surface area contributed by atoms with Gasteiger partial charge in [-0.1, -0.05) is 36.9 Å². The molecule has 33 heavy (non-hydrogen) atoms. The average Bonchev–Trinajstić information content (AvgIpc) is 2.85. The number of benzene rings is 2. The summed E-state index contributed by atoms with van der Waals surface area (Å²) < 4.78 is 16.0. The van der Waals surface area contributed by atoms with E-state index in [4.69, 9.17) is 14.2 Å². The summed E-state index contributed by atoms with van der Waals surface area (Å²) in [5.41, 5.74) is 1.40. The fourth-order valence-electron chi connectivity index (χ4n) is 3.65. The SMILES string of the molecule is C=C1CS[C@H]2[C@H](NC(=O)COc3ccccc3)C(=O)N2C1C(=O)OCc1ccc(OC)cc1. The molecule has 2 heterocycles. The maximum Gasteiger partial charge on any atom is 0.333 e. The molecule has 1 N–H and O–H groups in total. The van der Waals surface area contributed by atoms with Crippen LogP contribution in [-0.2, 0) is 25.7 Å². The molecule has 0 aliphatic carbocycles. The first-order valence-electron chi connectivity index (χ1n) is 10.4. The Hall–Kier alpha value is -3.46. The van der Waals surface area contributed by atoms with E-state index in [2.05, 4.69) is 11.9 Å². The Morgan fingerprint density at radius 3 is 2.55 bits per heavy atom. The number of nitrogens with one attached hydrogen (secondary N) is 1. The van der Waals surface area contributed by atoms with Crippen LogP contribution < -0.4 is 14.8 Å². The number of thioether (sulfide) groups is 1. The number of methoxy groups -OCH3 is 1. The Morgan fingerprint density at radius 1 is 1.12 bits per heavy atom. The van der Waals surface area contributed by atoms with Crippen LogP contribution in [0.25, 0.3) is 0 Å². The fourth-order valence-corrected chi connectivity index (χ4v) is 4.96. The Bertz CT molecular complexity index is 1040. The highest BCUT2D eigenvalue weighted by Crippen LogP contribution is 2.40. The van der Waals surface area contributed by atoms with Crippen LogP contribution in [0.15, 0.2) is 66.7 Å². The lowest BCUT2D eigenvalue weighted by Crippen LogP contribution is -2.74. The molecule has 9 heteroatoms. The second-order valence-electron chi connectivity index (χ2n) is 7.61. The normalized spacial score (nSPS) is 21.5. The predicted octanol–water partition coefficient (Wildman–Crippen LogP) is 2.14. The molecule has 0 bridgehead atoms. The van der Waals surface area contributed by atoms with Crippen LogP contribution in [0.1, 0.15) is 5.56 Å². The van der Waals surface area contributed by atoms with Gasteiger partial charge in [0.25, 0.3) is 5.91 Å². The van der Waals surface area contributed by atoms with E-state index in [9.17, 15) is 14.4 Å². The number of carbonyl (C=O) groups is 3. The molecule has 0 saturated carbocycles. The number of hydrogen-bond donors (Lipinski definition) is 1. The van der Waals surface area contributed by atoms with Crippen LogP contribution >= 0.6 is 11.8 Å². The molecular formula is C24H24N2O6S. The molecule has 0 spiro atoms. The Kier molecular flexibility index (Phi) is 6.88. The van der Waals surface area contributed by atoms with Crippen LogP contribution in [0.4, 0.5) is 0 Å². The summed E-state index contributed by atoms with van der Waals surface area (Å²) in [5, 5.41) is 2.35. The Balaban J connectivity index is 1.32. The number of β-lactam (4-membered cyclic amide) rings is 1. The van der Waals surface area contributed by atoms with E-state index in [0.717, 1.165) is 5.56 Å². The lowest BCUT2D eigenvalue weighted by atomic mass is 9.98. The molecule has 2 aliphatic heterocycles. The number of esters is 1. The minimum atomic E-state index is -0.865. The van der Waals surface area contributed by atoms with Crippen molar-refractivity contribution in [2.75, 3.05) is 19.5 Å². The molecule has 8 nitrogen and oxygen atoms in total. The van der Waals surface area contributed by atoms with E-state index in [1.807, 2.05) is 6.07 Å². The molecule has 2 saturated heterocycles. The molecule has 4 rings (SSSR count). The van der Waals surface area contributed by atoms with Crippen molar-refractivity contribution in [3.05, 3.63) is 72.3 Å². The number of amides is 2. The molecule has 2 aliphatic rings. The first-order valence-corrected chi connectivity index (χ1v) is 11.4. The molecule has 172 valence electrons. The number of nitrogens with zero attached hydrogens (tertiary/aromatic N) is 1. The number of rotatable bonds is 8. The van der Waals surface area contributed by atoms with Crippen LogP contribution in [0.3, 0.4) is 0 Å². The van der Waals surface area contributed by atoms with Crippen molar-refractivity contribution in [1.29, 1.82) is 0 Å². The smallest absolute Gasteiger partial charge is 0.333 e. The van der Waals surface area contributed by atoms with Crippen molar-refractivity contribution in [1.82, 2.24) is 10.2 Å². The lowest BCUT2D eigenvalue weighted by Gasteiger charge is -2.52. The average molecular weight is 469 g/mol. The maximum atomic E-state index is 12.8. The third-order valence-corrected chi connectivity index (χ3v) is 6.76. The van der Waals surface area contributed by atoms with Gasteiger partial charge in [0.05, 0.1) is 7.11 Å². The minimum Gasteiger partial charge on any atom is -0.497 e. The molecule has 2 aromatic rings. The highest BCUT2D eigenvalue weighted by Gasteiger charge is 2.56. The number of hydrogen-bond acceptors (Lipinski definition) is 7. The van der Waals surface area contributed by atoms with Gasteiger partial charge < -0.3 is 24.4 Å². The van der Waals surface area contributed by atoms with E-state index in [1.54, 1.807) is 55.6 Å². The van der Waals surface area contributed by atoms with E-state index in [0.29, 0.717) is 22.8 Å². The third-order valence-electron chi connectivity index (χ3n) is 5.38. The van der Waals surface area contributed by atoms with Gasteiger partial charge in [-0.15, -0.1) is 11.8 Å². The largest absolute Gasteiger partial charge is 0.497 e. The lowest BCUT2D eigenvalue weighted by molar-refractivity contribution is -0.164.